The van der Waals surface area contributed by atoms with Crippen molar-refractivity contribution < 1.29 is 13.9 Å². The summed E-state index contributed by atoms with van der Waals surface area (Å²) in [6.45, 7) is 0.0821. The van der Waals surface area contributed by atoms with Gasteiger partial charge in [0.25, 0.3) is 5.91 Å². The Labute approximate surface area is 126 Å². The number of hydrogen-bond donors (Lipinski definition) is 2. The van der Waals surface area contributed by atoms with Crippen LogP contribution in [0, 0.1) is 5.82 Å². The van der Waals surface area contributed by atoms with Crippen molar-refractivity contribution in [3.05, 3.63) is 59.9 Å². The summed E-state index contributed by atoms with van der Waals surface area (Å²) in [5.41, 5.74) is 6.22. The molecule has 0 heterocycles. The second-order valence-electron chi connectivity index (χ2n) is 4.21. The van der Waals surface area contributed by atoms with Crippen LogP contribution in [0.5, 0.6) is 5.75 Å². The molecule has 0 atom stereocenters. The average molecular weight is 304 g/mol. The molecule has 0 aliphatic carbocycles. The van der Waals surface area contributed by atoms with Gasteiger partial charge >= 0.3 is 0 Å². The van der Waals surface area contributed by atoms with Crippen LogP contribution < -0.4 is 15.8 Å². The molecule has 3 N–H and O–H groups in total. The molecule has 6 heteroatoms. The lowest BCUT2D eigenvalue weighted by atomic mass is 10.2. The number of para-hydroxylation sites is 2. The van der Waals surface area contributed by atoms with Crippen LogP contribution in [-0.4, -0.2) is 17.5 Å². The van der Waals surface area contributed by atoms with E-state index in [1.807, 2.05) is 0 Å². The zero-order valence-electron chi connectivity index (χ0n) is 11.0. The lowest BCUT2D eigenvalue weighted by Crippen LogP contribution is -2.19. The average Bonchev–Trinajstić information content (AvgIpc) is 2.47. The molecule has 1 amide bonds. The molecule has 0 bridgehead atoms. The Morgan fingerprint density at radius 2 is 1.86 bits per heavy atom. The lowest BCUT2D eigenvalue weighted by Gasteiger charge is -2.12. The zero-order valence-corrected chi connectivity index (χ0v) is 11.8. The molecule has 0 aromatic heterocycles. The molecule has 21 heavy (non-hydrogen) atoms. The number of nitrogens with one attached hydrogen (secondary N) is 1. The molecule has 0 spiro atoms. The highest BCUT2D eigenvalue weighted by Crippen LogP contribution is 2.24. The van der Waals surface area contributed by atoms with Gasteiger partial charge in [0.05, 0.1) is 5.69 Å². The van der Waals surface area contributed by atoms with Crippen LogP contribution in [0.3, 0.4) is 0 Å². The van der Waals surface area contributed by atoms with E-state index in [1.54, 1.807) is 24.3 Å². The summed E-state index contributed by atoms with van der Waals surface area (Å²) in [5.74, 6) is -0.297. The first-order chi connectivity index (χ1) is 10.1. The summed E-state index contributed by atoms with van der Waals surface area (Å²) in [6.07, 6.45) is 0. The van der Waals surface area contributed by atoms with Crippen molar-refractivity contribution in [2.24, 2.45) is 5.73 Å². The molecule has 0 aliphatic heterocycles. The van der Waals surface area contributed by atoms with E-state index < -0.39 is 5.82 Å². The number of nitrogens with two attached hydrogens (primary N) is 1. The lowest BCUT2D eigenvalue weighted by molar-refractivity contribution is 0.102. The quantitative estimate of drug-likeness (QED) is 0.834. The van der Waals surface area contributed by atoms with E-state index in [4.69, 9.17) is 22.7 Å². The molecule has 0 aliphatic rings. The summed E-state index contributed by atoms with van der Waals surface area (Å²) in [5, 5.41) is 2.70. The number of halogens is 1. The van der Waals surface area contributed by atoms with Crippen molar-refractivity contribution in [1.29, 1.82) is 0 Å². The van der Waals surface area contributed by atoms with Crippen molar-refractivity contribution >= 4 is 28.8 Å². The fourth-order valence-corrected chi connectivity index (χ4v) is 1.70. The van der Waals surface area contributed by atoms with E-state index in [-0.39, 0.29) is 17.5 Å². The van der Waals surface area contributed by atoms with Gasteiger partial charge in [-0.05, 0) is 36.4 Å². The van der Waals surface area contributed by atoms with E-state index in [0.717, 1.165) is 0 Å². The Hall–Kier alpha value is -2.47. The summed E-state index contributed by atoms with van der Waals surface area (Å²) in [4.78, 5) is 12.3. The predicted molar refractivity (Wildman–Crippen MR) is 83.1 cm³/mol. The minimum atomic E-state index is -0.397. The molecule has 108 valence electrons. The summed E-state index contributed by atoms with van der Waals surface area (Å²) in [6, 6.07) is 12.2. The zero-order chi connectivity index (χ0) is 15.2. The fourth-order valence-electron chi connectivity index (χ4n) is 1.64. The van der Waals surface area contributed by atoms with Crippen molar-refractivity contribution in [2.45, 2.75) is 0 Å². The Balaban J connectivity index is 2.13. The number of benzene rings is 2. The van der Waals surface area contributed by atoms with Crippen LogP contribution >= 0.6 is 12.2 Å². The number of amides is 1. The second-order valence-corrected chi connectivity index (χ2v) is 4.74. The van der Waals surface area contributed by atoms with Gasteiger partial charge in [-0.15, -0.1) is 0 Å². The molecular formula is C15H13FN2O2S. The number of anilines is 1. The maximum absolute atomic E-state index is 12.8. The molecule has 0 saturated heterocycles. The molecule has 0 fully saturated rings. The van der Waals surface area contributed by atoms with Crippen LogP contribution in [0.25, 0.3) is 0 Å². The fraction of sp³-hybridized carbons (Fsp3) is 0.0667. The van der Waals surface area contributed by atoms with E-state index >= 15 is 0 Å². The topological polar surface area (TPSA) is 64.3 Å². The smallest absolute Gasteiger partial charge is 0.255 e. The van der Waals surface area contributed by atoms with Gasteiger partial charge in [-0.3, -0.25) is 4.79 Å². The normalized spacial score (nSPS) is 9.95. The van der Waals surface area contributed by atoms with E-state index in [9.17, 15) is 9.18 Å². The van der Waals surface area contributed by atoms with Gasteiger partial charge in [0.15, 0.2) is 0 Å². The minimum Gasteiger partial charge on any atom is -0.484 e. The first-order valence-corrected chi connectivity index (χ1v) is 6.54. The van der Waals surface area contributed by atoms with Gasteiger partial charge in [-0.2, -0.15) is 0 Å². The second kappa shape index (κ2) is 6.81. The van der Waals surface area contributed by atoms with Crippen LogP contribution in [-0.2, 0) is 0 Å². The molecule has 2 rings (SSSR count). The largest absolute Gasteiger partial charge is 0.484 e. The Morgan fingerprint density at radius 3 is 2.52 bits per heavy atom. The predicted octanol–water partition coefficient (Wildman–Crippen LogP) is 2.74. The van der Waals surface area contributed by atoms with Gasteiger partial charge in [0.2, 0.25) is 0 Å². The van der Waals surface area contributed by atoms with Crippen molar-refractivity contribution in [3.8, 4) is 5.75 Å². The van der Waals surface area contributed by atoms with E-state index in [2.05, 4.69) is 5.32 Å². The minimum absolute atomic E-state index is 0.0821. The number of rotatable bonds is 5. The molecule has 0 saturated carbocycles. The third-order valence-electron chi connectivity index (χ3n) is 2.61. The summed E-state index contributed by atoms with van der Waals surface area (Å²) >= 11 is 4.74. The number of carbonyl (C=O) groups is 1. The van der Waals surface area contributed by atoms with E-state index in [0.29, 0.717) is 17.0 Å². The van der Waals surface area contributed by atoms with Gasteiger partial charge in [0.1, 0.15) is 23.2 Å². The highest BCUT2D eigenvalue weighted by Gasteiger charge is 2.10. The Morgan fingerprint density at radius 1 is 1.19 bits per heavy atom. The Kier molecular flexibility index (Phi) is 4.84. The van der Waals surface area contributed by atoms with E-state index in [1.165, 1.54) is 24.3 Å². The third kappa shape index (κ3) is 4.25. The van der Waals surface area contributed by atoms with Crippen LogP contribution in [0.2, 0.25) is 0 Å². The molecule has 2 aromatic carbocycles. The van der Waals surface area contributed by atoms with Crippen molar-refractivity contribution in [3.63, 3.8) is 0 Å². The first-order valence-electron chi connectivity index (χ1n) is 6.13. The summed E-state index contributed by atoms with van der Waals surface area (Å²) < 4.78 is 18.3. The maximum Gasteiger partial charge on any atom is 0.255 e. The molecule has 0 radical (unpaired) electrons. The third-order valence-corrected chi connectivity index (χ3v) is 2.73. The number of ether oxygens (including phenoxy) is 1. The Bertz CT molecular complexity index is 659. The first kappa shape index (κ1) is 14.9. The number of hydrogen-bond acceptors (Lipinski definition) is 3. The van der Waals surface area contributed by atoms with Crippen LogP contribution in [0.4, 0.5) is 10.1 Å². The molecule has 4 nitrogen and oxygen atoms in total. The molecule has 2 aromatic rings. The van der Waals surface area contributed by atoms with Crippen LogP contribution in [0.15, 0.2) is 48.5 Å². The summed E-state index contributed by atoms with van der Waals surface area (Å²) in [7, 11) is 0. The van der Waals surface area contributed by atoms with Gasteiger partial charge in [-0.25, -0.2) is 4.39 Å². The SMILES string of the molecule is NC(=S)COc1ccccc1NC(=O)c1ccc(F)cc1. The van der Waals surface area contributed by atoms with Gasteiger partial charge < -0.3 is 15.8 Å². The monoisotopic (exact) mass is 304 g/mol. The number of carbonyl (C=O) groups excluding carboxylic acids is 1. The van der Waals surface area contributed by atoms with Gasteiger partial charge in [0, 0.05) is 5.56 Å². The van der Waals surface area contributed by atoms with Gasteiger partial charge in [-0.1, -0.05) is 24.4 Å². The molecule has 0 unspecified atom stereocenters. The maximum atomic E-state index is 12.8. The molecular weight excluding hydrogens is 291 g/mol. The van der Waals surface area contributed by atoms with Crippen LogP contribution in [0.1, 0.15) is 10.4 Å². The number of thiocarbonyl (C=S) groups is 1. The highest BCUT2D eigenvalue weighted by atomic mass is 32.1. The standard InChI is InChI=1S/C15H13FN2O2S/c16-11-7-5-10(6-8-11)15(19)18-12-3-1-2-4-13(12)20-9-14(17)21/h1-8H,9H2,(H2,17,21)(H,18,19). The van der Waals surface area contributed by atoms with Crippen molar-refractivity contribution in [1.82, 2.24) is 0 Å². The highest BCUT2D eigenvalue weighted by molar-refractivity contribution is 7.80. The van der Waals surface area contributed by atoms with Crippen molar-refractivity contribution in [2.75, 3.05) is 11.9 Å².